The first-order valence-corrected chi connectivity index (χ1v) is 7.12. The van der Waals surface area contributed by atoms with E-state index in [1.165, 1.54) is 13.0 Å². The summed E-state index contributed by atoms with van der Waals surface area (Å²) in [5.41, 5.74) is -0.312. The number of ether oxygens (including phenoxy) is 1. The van der Waals surface area contributed by atoms with Crippen molar-refractivity contribution in [3.8, 4) is 11.1 Å². The second-order valence-corrected chi connectivity index (χ2v) is 5.14. The fourth-order valence-corrected chi connectivity index (χ4v) is 2.24. The zero-order valence-electron chi connectivity index (χ0n) is 12.9. The van der Waals surface area contributed by atoms with Gasteiger partial charge in [0, 0.05) is 6.07 Å². The van der Waals surface area contributed by atoms with Crippen molar-refractivity contribution >= 4 is 11.7 Å². The van der Waals surface area contributed by atoms with Gasteiger partial charge in [0.15, 0.2) is 5.60 Å². The highest BCUT2D eigenvalue weighted by atomic mass is 16.6. The number of hydrogen-bond acceptors (Lipinski definition) is 5. The van der Waals surface area contributed by atoms with Crippen molar-refractivity contribution in [3.63, 3.8) is 0 Å². The molecule has 2 rings (SSSR count). The average molecular weight is 315 g/mol. The topological polar surface area (TPSA) is 89.7 Å². The Kier molecular flexibility index (Phi) is 4.76. The van der Waals surface area contributed by atoms with Crippen LogP contribution in [-0.2, 0) is 15.1 Å². The molecule has 0 spiro atoms. The zero-order chi connectivity index (χ0) is 17.0. The molecule has 0 aromatic heterocycles. The van der Waals surface area contributed by atoms with Gasteiger partial charge in [-0.05, 0) is 31.0 Å². The van der Waals surface area contributed by atoms with Crippen LogP contribution in [-0.4, -0.2) is 22.6 Å². The monoisotopic (exact) mass is 315 g/mol. The maximum atomic E-state index is 11.8. The molecule has 1 unspecified atom stereocenters. The first-order chi connectivity index (χ1) is 10.9. The Balaban J connectivity index is 2.37. The molecular weight excluding hydrogens is 298 g/mol. The van der Waals surface area contributed by atoms with Gasteiger partial charge in [0.25, 0.3) is 5.69 Å². The first kappa shape index (κ1) is 16.6. The minimum atomic E-state index is -1.77. The molecule has 1 N–H and O–H groups in total. The normalized spacial score (nSPS) is 13.2. The summed E-state index contributed by atoms with van der Waals surface area (Å²) in [6, 6.07) is 12.8. The lowest BCUT2D eigenvalue weighted by atomic mass is 9.93. The van der Waals surface area contributed by atoms with Crippen molar-refractivity contribution in [1.29, 1.82) is 0 Å². The van der Waals surface area contributed by atoms with Gasteiger partial charge in [0.1, 0.15) is 0 Å². The van der Waals surface area contributed by atoms with Gasteiger partial charge < -0.3 is 9.84 Å². The van der Waals surface area contributed by atoms with Gasteiger partial charge in [-0.25, -0.2) is 4.79 Å². The number of esters is 1. The van der Waals surface area contributed by atoms with Gasteiger partial charge in [-0.2, -0.15) is 0 Å². The Morgan fingerprint density at radius 3 is 2.39 bits per heavy atom. The third-order valence-electron chi connectivity index (χ3n) is 3.53. The summed E-state index contributed by atoms with van der Waals surface area (Å²) in [7, 11) is 0. The fourth-order valence-electron chi connectivity index (χ4n) is 2.24. The molecule has 23 heavy (non-hydrogen) atoms. The van der Waals surface area contributed by atoms with Crippen molar-refractivity contribution in [3.05, 3.63) is 64.2 Å². The number of carbonyl (C=O) groups is 1. The van der Waals surface area contributed by atoms with E-state index in [-0.39, 0.29) is 12.3 Å². The van der Waals surface area contributed by atoms with E-state index >= 15 is 0 Å². The smallest absolute Gasteiger partial charge is 0.342 e. The zero-order valence-corrected chi connectivity index (χ0v) is 12.9. The van der Waals surface area contributed by atoms with Crippen LogP contribution in [0.3, 0.4) is 0 Å². The molecule has 6 nitrogen and oxygen atoms in total. The lowest BCUT2D eigenvalue weighted by molar-refractivity contribution is -0.384. The summed E-state index contributed by atoms with van der Waals surface area (Å²) in [4.78, 5) is 22.4. The predicted molar refractivity (Wildman–Crippen MR) is 84.7 cm³/mol. The van der Waals surface area contributed by atoms with Crippen molar-refractivity contribution in [2.45, 2.75) is 19.4 Å². The van der Waals surface area contributed by atoms with E-state index in [9.17, 15) is 20.0 Å². The standard InChI is InChI=1S/C17H17NO5/c1-3-23-16(19)17(2,20)13-10-8-12(9-11-13)14-6-4-5-7-15(14)18(21)22/h4-11,20H,3H2,1-2H3. The van der Waals surface area contributed by atoms with Crippen molar-refractivity contribution in [2.75, 3.05) is 6.61 Å². The largest absolute Gasteiger partial charge is 0.464 e. The summed E-state index contributed by atoms with van der Waals surface area (Å²) in [6.07, 6.45) is 0. The number of rotatable bonds is 5. The molecule has 2 aromatic rings. The molecule has 0 saturated carbocycles. The summed E-state index contributed by atoms with van der Waals surface area (Å²) in [6.45, 7) is 3.18. The Hall–Kier alpha value is -2.73. The molecule has 0 heterocycles. The van der Waals surface area contributed by atoms with Crippen LogP contribution in [0.4, 0.5) is 5.69 Å². The number of nitro groups is 1. The number of carbonyl (C=O) groups excluding carboxylic acids is 1. The van der Waals surface area contributed by atoms with Gasteiger partial charge in [-0.15, -0.1) is 0 Å². The number of hydrogen-bond donors (Lipinski definition) is 1. The van der Waals surface area contributed by atoms with Crippen molar-refractivity contribution < 1.29 is 19.6 Å². The van der Waals surface area contributed by atoms with E-state index in [0.29, 0.717) is 16.7 Å². The number of aliphatic hydroxyl groups is 1. The van der Waals surface area contributed by atoms with E-state index in [1.54, 1.807) is 49.4 Å². The third kappa shape index (κ3) is 3.37. The maximum Gasteiger partial charge on any atom is 0.342 e. The predicted octanol–water partition coefficient (Wildman–Crippen LogP) is 3.03. The average Bonchev–Trinajstić information content (AvgIpc) is 2.55. The molecule has 6 heteroatoms. The molecule has 0 aliphatic rings. The highest BCUT2D eigenvalue weighted by Crippen LogP contribution is 2.31. The number of benzene rings is 2. The minimum Gasteiger partial charge on any atom is -0.464 e. The highest BCUT2D eigenvalue weighted by Gasteiger charge is 2.34. The molecule has 2 aromatic carbocycles. The molecular formula is C17H17NO5. The Morgan fingerprint density at radius 2 is 1.83 bits per heavy atom. The van der Waals surface area contributed by atoms with Crippen LogP contribution in [0, 0.1) is 10.1 Å². The Bertz CT molecular complexity index is 722. The van der Waals surface area contributed by atoms with E-state index in [1.807, 2.05) is 0 Å². The maximum absolute atomic E-state index is 11.8. The molecule has 0 aliphatic carbocycles. The second kappa shape index (κ2) is 6.58. The molecule has 0 bridgehead atoms. The molecule has 0 fully saturated rings. The Labute approximate surface area is 133 Å². The van der Waals surface area contributed by atoms with Crippen molar-refractivity contribution in [1.82, 2.24) is 0 Å². The lowest BCUT2D eigenvalue weighted by Gasteiger charge is -2.21. The Morgan fingerprint density at radius 1 is 1.22 bits per heavy atom. The summed E-state index contributed by atoms with van der Waals surface area (Å²) in [5.74, 6) is -0.738. The summed E-state index contributed by atoms with van der Waals surface area (Å²) < 4.78 is 4.85. The minimum absolute atomic E-state index is 0.00240. The van der Waals surface area contributed by atoms with Crippen LogP contribution in [0.15, 0.2) is 48.5 Å². The molecule has 1 atom stereocenters. The quantitative estimate of drug-likeness (QED) is 0.520. The number of para-hydroxylation sites is 1. The second-order valence-electron chi connectivity index (χ2n) is 5.14. The van der Waals surface area contributed by atoms with Crippen LogP contribution in [0.25, 0.3) is 11.1 Å². The van der Waals surface area contributed by atoms with E-state index in [4.69, 9.17) is 4.74 Å². The van der Waals surface area contributed by atoms with Crippen LogP contribution >= 0.6 is 0 Å². The molecule has 0 saturated heterocycles. The van der Waals surface area contributed by atoms with Gasteiger partial charge in [-0.3, -0.25) is 10.1 Å². The summed E-state index contributed by atoms with van der Waals surface area (Å²) >= 11 is 0. The summed E-state index contributed by atoms with van der Waals surface area (Å²) in [5, 5.41) is 21.4. The lowest BCUT2D eigenvalue weighted by Crippen LogP contribution is -2.34. The highest BCUT2D eigenvalue weighted by molar-refractivity contribution is 5.81. The number of nitro benzene ring substituents is 1. The fraction of sp³-hybridized carbons (Fsp3) is 0.235. The third-order valence-corrected chi connectivity index (χ3v) is 3.53. The van der Waals surface area contributed by atoms with Gasteiger partial charge in [0.05, 0.1) is 17.1 Å². The molecule has 0 radical (unpaired) electrons. The van der Waals surface area contributed by atoms with Gasteiger partial charge in [0.2, 0.25) is 0 Å². The molecule has 0 aliphatic heterocycles. The van der Waals surface area contributed by atoms with Gasteiger partial charge in [-0.1, -0.05) is 36.4 Å². The van der Waals surface area contributed by atoms with Crippen LogP contribution in [0.1, 0.15) is 19.4 Å². The van der Waals surface area contributed by atoms with Crippen LogP contribution < -0.4 is 0 Å². The van der Waals surface area contributed by atoms with Crippen LogP contribution in [0.2, 0.25) is 0 Å². The van der Waals surface area contributed by atoms with E-state index in [0.717, 1.165) is 0 Å². The van der Waals surface area contributed by atoms with Gasteiger partial charge >= 0.3 is 5.97 Å². The van der Waals surface area contributed by atoms with E-state index < -0.39 is 16.5 Å². The first-order valence-electron chi connectivity index (χ1n) is 7.12. The molecule has 0 amide bonds. The van der Waals surface area contributed by atoms with E-state index in [2.05, 4.69) is 0 Å². The SMILES string of the molecule is CCOC(=O)C(C)(O)c1ccc(-c2ccccc2[N+](=O)[O-])cc1. The number of nitrogens with zero attached hydrogens (tertiary/aromatic N) is 1. The molecule has 120 valence electrons. The van der Waals surface area contributed by atoms with Crippen molar-refractivity contribution in [2.24, 2.45) is 0 Å². The van der Waals surface area contributed by atoms with Crippen LogP contribution in [0.5, 0.6) is 0 Å².